The van der Waals surface area contributed by atoms with E-state index in [1.54, 1.807) is 0 Å². The minimum Gasteiger partial charge on any atom is -0.212 e. The van der Waals surface area contributed by atoms with Crippen LogP contribution in [0, 0.1) is 0 Å². The van der Waals surface area contributed by atoms with Crippen LogP contribution in [0.25, 0.3) is 0 Å². The minimum atomic E-state index is -3.00. The maximum absolute atomic E-state index is 12.3. The van der Waals surface area contributed by atoms with Crippen molar-refractivity contribution in [2.45, 2.75) is 96.9 Å². The van der Waals surface area contributed by atoms with Crippen molar-refractivity contribution >= 4 is 10.0 Å². The summed E-state index contributed by atoms with van der Waals surface area (Å²) in [5.74, 6) is 0.354. The molecule has 0 radical (unpaired) electrons. The van der Waals surface area contributed by atoms with Crippen molar-refractivity contribution in [3.05, 3.63) is 0 Å². The highest BCUT2D eigenvalue weighted by atomic mass is 32.2. The Bertz CT molecular complexity index is 366. The first-order valence-corrected chi connectivity index (χ1v) is 10.6. The van der Waals surface area contributed by atoms with Gasteiger partial charge in [-0.3, -0.25) is 0 Å². The van der Waals surface area contributed by atoms with Crippen molar-refractivity contribution in [3.8, 4) is 0 Å². The Labute approximate surface area is 132 Å². The summed E-state index contributed by atoms with van der Waals surface area (Å²) in [6, 6.07) is 0. The molecule has 0 aromatic heterocycles. The van der Waals surface area contributed by atoms with Crippen molar-refractivity contribution < 1.29 is 8.42 Å². The molecule has 0 aromatic rings. The normalized spacial score (nSPS) is 19.2. The van der Waals surface area contributed by atoms with E-state index in [1.807, 2.05) is 4.31 Å². The molecule has 0 aromatic carbocycles. The van der Waals surface area contributed by atoms with Gasteiger partial charge in [-0.25, -0.2) is 8.42 Å². The van der Waals surface area contributed by atoms with Crippen LogP contribution in [0.15, 0.2) is 0 Å². The van der Waals surface area contributed by atoms with Gasteiger partial charge in [-0.1, -0.05) is 65.2 Å². The molecule has 1 aliphatic heterocycles. The second-order valence-corrected chi connectivity index (χ2v) is 8.87. The van der Waals surface area contributed by atoms with Crippen molar-refractivity contribution in [2.24, 2.45) is 0 Å². The Morgan fingerprint density at radius 3 is 1.81 bits per heavy atom. The van der Waals surface area contributed by atoms with Gasteiger partial charge in [-0.15, -0.1) is 0 Å². The van der Waals surface area contributed by atoms with Crippen molar-refractivity contribution in [3.63, 3.8) is 0 Å². The van der Waals surface area contributed by atoms with Crippen LogP contribution < -0.4 is 0 Å². The van der Waals surface area contributed by atoms with Crippen LogP contribution in [-0.2, 0) is 10.0 Å². The van der Waals surface area contributed by atoms with E-state index in [-0.39, 0.29) is 5.54 Å². The summed E-state index contributed by atoms with van der Waals surface area (Å²) in [5, 5.41) is 0. The highest BCUT2D eigenvalue weighted by Crippen LogP contribution is 2.34. The summed E-state index contributed by atoms with van der Waals surface area (Å²) < 4.78 is 26.5. The van der Waals surface area contributed by atoms with E-state index < -0.39 is 10.0 Å². The predicted molar refractivity (Wildman–Crippen MR) is 91.0 cm³/mol. The molecule has 0 aliphatic carbocycles. The van der Waals surface area contributed by atoms with Crippen molar-refractivity contribution in [1.29, 1.82) is 0 Å². The van der Waals surface area contributed by atoms with E-state index in [1.165, 1.54) is 38.5 Å². The van der Waals surface area contributed by atoms with Crippen LogP contribution in [0.1, 0.15) is 91.4 Å². The SMILES string of the molecule is CCCCCCC(C)(CCCCCC)N1CCCS1(=O)=O. The molecule has 0 saturated carbocycles. The molecule has 1 aliphatic rings. The number of hydrogen-bond acceptors (Lipinski definition) is 2. The molecule has 0 spiro atoms. The summed E-state index contributed by atoms with van der Waals surface area (Å²) in [5.41, 5.74) is -0.142. The second-order valence-electron chi connectivity index (χ2n) is 6.86. The molecule has 0 N–H and O–H groups in total. The molecule has 3 nitrogen and oxygen atoms in total. The van der Waals surface area contributed by atoms with E-state index in [4.69, 9.17) is 0 Å². The van der Waals surface area contributed by atoms with E-state index >= 15 is 0 Å². The third kappa shape index (κ3) is 5.90. The molecule has 0 unspecified atom stereocenters. The summed E-state index contributed by atoms with van der Waals surface area (Å²) in [6.45, 7) is 7.36. The summed E-state index contributed by atoms with van der Waals surface area (Å²) in [7, 11) is -3.00. The third-order valence-corrected chi connectivity index (χ3v) is 6.94. The molecule has 1 heterocycles. The fourth-order valence-corrected chi connectivity index (χ4v) is 5.46. The van der Waals surface area contributed by atoms with Crippen molar-refractivity contribution in [2.75, 3.05) is 12.3 Å². The van der Waals surface area contributed by atoms with Crippen LogP contribution in [-0.4, -0.2) is 30.6 Å². The number of hydrogen-bond donors (Lipinski definition) is 0. The van der Waals surface area contributed by atoms with Gasteiger partial charge in [0, 0.05) is 12.1 Å². The van der Waals surface area contributed by atoms with Crippen LogP contribution in [0.4, 0.5) is 0 Å². The monoisotopic (exact) mass is 317 g/mol. The molecule has 4 heteroatoms. The first-order chi connectivity index (χ1) is 9.96. The Kier molecular flexibility index (Phi) is 8.25. The molecular formula is C17H35NO2S. The van der Waals surface area contributed by atoms with Gasteiger partial charge in [0.15, 0.2) is 0 Å². The maximum atomic E-state index is 12.3. The lowest BCUT2D eigenvalue weighted by atomic mass is 9.88. The fraction of sp³-hybridized carbons (Fsp3) is 1.00. The van der Waals surface area contributed by atoms with Crippen molar-refractivity contribution in [1.82, 2.24) is 4.31 Å². The average molecular weight is 318 g/mol. The molecule has 1 fully saturated rings. The lowest BCUT2D eigenvalue weighted by Crippen LogP contribution is -2.47. The van der Waals surface area contributed by atoms with Gasteiger partial charge in [-0.05, 0) is 26.2 Å². The topological polar surface area (TPSA) is 37.4 Å². The smallest absolute Gasteiger partial charge is 0.212 e. The third-order valence-electron chi connectivity index (χ3n) is 4.84. The molecule has 126 valence electrons. The summed E-state index contributed by atoms with van der Waals surface area (Å²) in [6.07, 6.45) is 12.6. The summed E-state index contributed by atoms with van der Waals surface area (Å²) >= 11 is 0. The Morgan fingerprint density at radius 1 is 0.905 bits per heavy atom. The van der Waals surface area contributed by atoms with E-state index in [0.717, 1.165) is 38.6 Å². The van der Waals surface area contributed by atoms with Gasteiger partial charge in [0.2, 0.25) is 10.0 Å². The quantitative estimate of drug-likeness (QED) is 0.517. The highest BCUT2D eigenvalue weighted by Gasteiger charge is 2.41. The lowest BCUT2D eigenvalue weighted by molar-refractivity contribution is 0.179. The maximum Gasteiger partial charge on any atom is 0.214 e. The average Bonchev–Trinajstić information content (AvgIpc) is 2.80. The largest absolute Gasteiger partial charge is 0.214 e. The number of rotatable bonds is 11. The number of nitrogens with zero attached hydrogens (tertiary/aromatic N) is 1. The van der Waals surface area contributed by atoms with Crippen LogP contribution in [0.2, 0.25) is 0 Å². The molecule has 21 heavy (non-hydrogen) atoms. The Hall–Kier alpha value is -0.0900. The Morgan fingerprint density at radius 2 is 1.43 bits per heavy atom. The molecule has 0 amide bonds. The molecule has 1 rings (SSSR count). The zero-order chi connectivity index (χ0) is 15.8. The number of unbranched alkanes of at least 4 members (excludes halogenated alkanes) is 6. The van der Waals surface area contributed by atoms with Gasteiger partial charge in [0.25, 0.3) is 0 Å². The highest BCUT2D eigenvalue weighted by molar-refractivity contribution is 7.89. The van der Waals surface area contributed by atoms with Gasteiger partial charge < -0.3 is 0 Å². The van der Waals surface area contributed by atoms with Crippen LogP contribution in [0.3, 0.4) is 0 Å². The zero-order valence-corrected chi connectivity index (χ0v) is 15.2. The van der Waals surface area contributed by atoms with E-state index in [2.05, 4.69) is 20.8 Å². The van der Waals surface area contributed by atoms with Crippen LogP contribution >= 0.6 is 0 Å². The standard InChI is InChI=1S/C17H35NO2S/c1-4-6-8-10-13-17(3,14-11-9-7-5-2)18-15-12-16-21(18,19)20/h4-16H2,1-3H3. The van der Waals surface area contributed by atoms with Gasteiger partial charge in [-0.2, -0.15) is 4.31 Å². The molecule has 0 atom stereocenters. The first-order valence-electron chi connectivity index (χ1n) is 8.97. The fourth-order valence-electron chi connectivity index (χ4n) is 3.49. The van der Waals surface area contributed by atoms with E-state index in [9.17, 15) is 8.42 Å². The first kappa shape index (κ1) is 19.0. The van der Waals surface area contributed by atoms with Gasteiger partial charge in [0.1, 0.15) is 0 Å². The van der Waals surface area contributed by atoms with Gasteiger partial charge >= 0.3 is 0 Å². The predicted octanol–water partition coefficient (Wildman–Crippen LogP) is 4.72. The molecule has 1 saturated heterocycles. The molecule has 0 bridgehead atoms. The lowest BCUT2D eigenvalue weighted by Gasteiger charge is -2.38. The van der Waals surface area contributed by atoms with E-state index in [0.29, 0.717) is 5.75 Å². The number of sulfonamides is 1. The second kappa shape index (κ2) is 9.14. The minimum absolute atomic E-state index is 0.142. The summed E-state index contributed by atoms with van der Waals surface area (Å²) in [4.78, 5) is 0. The Balaban J connectivity index is 2.63. The van der Waals surface area contributed by atoms with Crippen LogP contribution in [0.5, 0.6) is 0 Å². The van der Waals surface area contributed by atoms with Gasteiger partial charge in [0.05, 0.1) is 5.75 Å². The molecular weight excluding hydrogens is 282 g/mol. The zero-order valence-electron chi connectivity index (χ0n) is 14.4.